The van der Waals surface area contributed by atoms with Crippen LogP contribution in [0, 0.1) is 0 Å². The van der Waals surface area contributed by atoms with Crippen LogP contribution in [-0.2, 0) is 11.4 Å². The van der Waals surface area contributed by atoms with Crippen LogP contribution in [0.2, 0.25) is 0 Å². The van der Waals surface area contributed by atoms with Gasteiger partial charge in [-0.25, -0.2) is 0 Å². The third-order valence-electron chi connectivity index (χ3n) is 2.76. The Morgan fingerprint density at radius 1 is 1.15 bits per heavy atom. The van der Waals surface area contributed by atoms with Crippen molar-refractivity contribution in [1.29, 1.82) is 0 Å². The molecule has 0 aromatic rings. The molecule has 0 saturated carbocycles. The Morgan fingerprint density at radius 2 is 1.65 bits per heavy atom. The molecule has 0 radical (unpaired) electrons. The van der Waals surface area contributed by atoms with Gasteiger partial charge in [0.2, 0.25) is 0 Å². The van der Waals surface area contributed by atoms with Crippen molar-refractivity contribution in [1.82, 2.24) is 0 Å². The molecular formula is C16H31AlO3. The van der Waals surface area contributed by atoms with Gasteiger partial charge in [-0.15, -0.1) is 6.58 Å². The fraction of sp³-hybridized carbons (Fsp3) is 0.750. The first-order valence-corrected chi connectivity index (χ1v) is 8.85. The fourth-order valence-electron chi connectivity index (χ4n) is 1.61. The predicted molar refractivity (Wildman–Crippen MR) is 86.5 cm³/mol. The van der Waals surface area contributed by atoms with Gasteiger partial charge in [0.25, 0.3) is 0 Å². The molecule has 4 heteroatoms. The lowest BCUT2D eigenvalue weighted by atomic mass is 10.00. The molecular weight excluding hydrogens is 267 g/mol. The van der Waals surface area contributed by atoms with Crippen molar-refractivity contribution in [3.8, 4) is 0 Å². The van der Waals surface area contributed by atoms with Crippen LogP contribution in [0.4, 0.5) is 0 Å². The highest BCUT2D eigenvalue weighted by Gasteiger charge is 2.39. The smallest absolute Gasteiger partial charge is 0.452 e. The van der Waals surface area contributed by atoms with Gasteiger partial charge in [0, 0.05) is 12.2 Å². The summed E-state index contributed by atoms with van der Waals surface area (Å²) in [6, 6.07) is 0. The van der Waals surface area contributed by atoms with Crippen LogP contribution in [-0.4, -0.2) is 33.0 Å². The van der Waals surface area contributed by atoms with E-state index >= 15 is 0 Å². The highest BCUT2D eigenvalue weighted by Crippen LogP contribution is 2.22. The first-order chi connectivity index (χ1) is 9.18. The molecule has 0 spiro atoms. The highest BCUT2D eigenvalue weighted by atomic mass is 27.3. The van der Waals surface area contributed by atoms with Gasteiger partial charge in [0.15, 0.2) is 0 Å². The van der Waals surface area contributed by atoms with Crippen LogP contribution in [0.5, 0.6) is 0 Å². The summed E-state index contributed by atoms with van der Waals surface area (Å²) in [5.41, 5.74) is 0.925. The normalized spacial score (nSPS) is 14.2. The average Bonchev–Trinajstić information content (AvgIpc) is 2.26. The Hall–Kier alpha value is -0.108. The van der Waals surface area contributed by atoms with Crippen LogP contribution < -0.4 is 0 Å². The average molecular weight is 298 g/mol. The first-order valence-electron chi connectivity index (χ1n) is 7.44. The lowest BCUT2D eigenvalue weighted by Gasteiger charge is -2.30. The van der Waals surface area contributed by atoms with E-state index in [0.29, 0.717) is 0 Å². The Morgan fingerprint density at radius 3 is 2.00 bits per heavy atom. The largest absolute Gasteiger partial charge is 0.906 e. The molecule has 3 nitrogen and oxygen atoms in total. The zero-order valence-corrected chi connectivity index (χ0v) is 15.4. The molecule has 0 aliphatic carbocycles. The Balaban J connectivity index is 4.65. The number of allylic oxidation sites excluding steroid dienone is 2. The van der Waals surface area contributed by atoms with Crippen molar-refractivity contribution in [3.05, 3.63) is 24.3 Å². The molecule has 20 heavy (non-hydrogen) atoms. The molecule has 0 N–H and O–H groups in total. The highest BCUT2D eigenvalue weighted by molar-refractivity contribution is 6.36. The number of hydrogen-bond donors (Lipinski definition) is 0. The Bertz CT molecular complexity index is 299. The minimum Gasteiger partial charge on any atom is -0.452 e. The van der Waals surface area contributed by atoms with E-state index in [2.05, 4.69) is 26.5 Å². The molecule has 1 atom stereocenters. The van der Waals surface area contributed by atoms with E-state index in [4.69, 9.17) is 11.4 Å². The van der Waals surface area contributed by atoms with Gasteiger partial charge in [-0.1, -0.05) is 17.7 Å². The second kappa shape index (κ2) is 9.76. The second-order valence-corrected chi connectivity index (χ2v) is 7.47. The summed E-state index contributed by atoms with van der Waals surface area (Å²) in [4.78, 5) is 0. The van der Waals surface area contributed by atoms with Crippen LogP contribution >= 0.6 is 0 Å². The lowest BCUT2D eigenvalue weighted by molar-refractivity contribution is -0.000979. The van der Waals surface area contributed by atoms with Crippen LogP contribution in [0.25, 0.3) is 0 Å². The molecule has 0 amide bonds. The summed E-state index contributed by atoms with van der Waals surface area (Å²) in [6.07, 6.45) is 6.14. The molecule has 0 rings (SSSR count). The zero-order valence-electron chi connectivity index (χ0n) is 14.2. The monoisotopic (exact) mass is 298 g/mol. The fourth-order valence-corrected chi connectivity index (χ4v) is 3.33. The summed E-state index contributed by atoms with van der Waals surface area (Å²) >= 11 is -2.15. The maximum Gasteiger partial charge on any atom is 0.906 e. The molecule has 1 unspecified atom stereocenters. The van der Waals surface area contributed by atoms with Gasteiger partial charge in [-0.05, 0) is 61.3 Å². The third-order valence-corrected chi connectivity index (χ3v) is 5.02. The van der Waals surface area contributed by atoms with E-state index < -0.39 is 20.8 Å². The van der Waals surface area contributed by atoms with Gasteiger partial charge >= 0.3 is 15.1 Å². The molecule has 116 valence electrons. The minimum atomic E-state index is -2.15. The van der Waals surface area contributed by atoms with Gasteiger partial charge in [-0.3, -0.25) is 0 Å². The van der Waals surface area contributed by atoms with E-state index in [9.17, 15) is 0 Å². The summed E-state index contributed by atoms with van der Waals surface area (Å²) in [6.45, 7) is 18.2. The molecule has 0 aliphatic heterocycles. The molecule has 0 aromatic carbocycles. The first kappa shape index (κ1) is 19.9. The maximum atomic E-state index is 6.14. The van der Waals surface area contributed by atoms with Crippen molar-refractivity contribution >= 4 is 15.1 Å². The van der Waals surface area contributed by atoms with Crippen molar-refractivity contribution in [3.63, 3.8) is 0 Å². The summed E-state index contributed by atoms with van der Waals surface area (Å²) in [7, 11) is 0. The van der Waals surface area contributed by atoms with Crippen molar-refractivity contribution in [2.75, 3.05) is 0 Å². The Kier molecular flexibility index (Phi) is 9.71. The third kappa shape index (κ3) is 9.74. The van der Waals surface area contributed by atoms with E-state index in [1.165, 1.54) is 5.57 Å². The number of rotatable bonds is 10. The second-order valence-electron chi connectivity index (χ2n) is 6.11. The van der Waals surface area contributed by atoms with Gasteiger partial charge in [-0.2, -0.15) is 0 Å². The van der Waals surface area contributed by atoms with Gasteiger partial charge in [0.1, 0.15) is 0 Å². The molecule has 0 bridgehead atoms. The zero-order chi connectivity index (χ0) is 15.8. The topological polar surface area (TPSA) is 27.7 Å². The lowest BCUT2D eigenvalue weighted by Crippen LogP contribution is -2.41. The maximum absolute atomic E-state index is 6.14. The molecule has 0 aromatic heterocycles. The molecule has 0 fully saturated rings. The minimum absolute atomic E-state index is 0.109. The van der Waals surface area contributed by atoms with Gasteiger partial charge < -0.3 is 11.4 Å². The number of hydrogen-bond acceptors (Lipinski definition) is 3. The van der Waals surface area contributed by atoms with Crippen molar-refractivity contribution in [2.45, 2.75) is 79.1 Å². The molecule has 0 aliphatic rings. The Labute approximate surface area is 130 Å². The predicted octanol–water partition coefficient (Wildman–Crippen LogP) is 4.53. The standard InChI is InChI=1S/C10H17O.2C3H7O.Al/c1-5-10(4,11)8-6-7-9(2)3;2*1-3(2)4;/h5,7H,1,6,8H2,2-4H3;2*3H,1-2H3;/q3*-1;+3. The van der Waals surface area contributed by atoms with Crippen molar-refractivity contribution in [2.24, 2.45) is 0 Å². The summed E-state index contributed by atoms with van der Waals surface area (Å²) in [5, 5.41) is 0. The summed E-state index contributed by atoms with van der Waals surface area (Å²) < 4.78 is 17.8. The summed E-state index contributed by atoms with van der Waals surface area (Å²) in [5.74, 6) is 0. The quantitative estimate of drug-likeness (QED) is 0.438. The van der Waals surface area contributed by atoms with Gasteiger partial charge in [0.05, 0.1) is 5.60 Å². The molecule has 0 saturated heterocycles. The molecule has 0 heterocycles. The SMILES string of the molecule is C=CC(C)(CCC=C(C)C)[O][Al]([O]C(C)C)[O]C(C)C. The van der Waals surface area contributed by atoms with E-state index in [-0.39, 0.29) is 12.2 Å². The van der Waals surface area contributed by atoms with Crippen LogP contribution in [0.3, 0.4) is 0 Å². The van der Waals surface area contributed by atoms with Crippen LogP contribution in [0.1, 0.15) is 61.3 Å². The van der Waals surface area contributed by atoms with Crippen LogP contribution in [0.15, 0.2) is 24.3 Å². The van der Waals surface area contributed by atoms with E-state index in [1.54, 1.807) is 0 Å². The van der Waals surface area contributed by atoms with E-state index in [1.807, 2.05) is 40.7 Å². The van der Waals surface area contributed by atoms with E-state index in [0.717, 1.165) is 12.8 Å². The van der Waals surface area contributed by atoms with Crippen molar-refractivity contribution < 1.29 is 11.4 Å².